The van der Waals surface area contributed by atoms with Crippen LogP contribution in [0.2, 0.25) is 0 Å². The van der Waals surface area contributed by atoms with E-state index in [0.29, 0.717) is 41.0 Å². The van der Waals surface area contributed by atoms with E-state index < -0.39 is 35.5 Å². The third kappa shape index (κ3) is 7.18. The summed E-state index contributed by atoms with van der Waals surface area (Å²) in [4.78, 5) is 40.6. The Balaban J connectivity index is 2.57. The molecular weight excluding hydrogens is 484 g/mol. The van der Waals surface area contributed by atoms with Crippen molar-refractivity contribution in [3.63, 3.8) is 0 Å². The van der Waals surface area contributed by atoms with E-state index in [-0.39, 0.29) is 11.3 Å². The number of hydrogen-bond donors (Lipinski definition) is 2. The largest absolute Gasteiger partial charge is 0.478 e. The van der Waals surface area contributed by atoms with E-state index in [2.05, 4.69) is 15.9 Å². The third-order valence-electron chi connectivity index (χ3n) is 4.43. The number of carboxylic acid groups (broad SMARTS) is 1. The maximum atomic E-state index is 13.0. The predicted molar refractivity (Wildman–Crippen MR) is 122 cm³/mol. The number of nitrogens with zero attached hydrogens (tertiary/aromatic N) is 2. The minimum absolute atomic E-state index is 0.154. The molecule has 0 aliphatic carbocycles. The lowest BCUT2D eigenvalue weighted by Gasteiger charge is -2.29. The van der Waals surface area contributed by atoms with E-state index in [1.807, 2.05) is 4.90 Å². The van der Waals surface area contributed by atoms with Crippen LogP contribution in [-0.2, 0) is 16.0 Å². The second-order valence-corrected chi connectivity index (χ2v) is 10.6. The molecule has 1 saturated heterocycles. The van der Waals surface area contributed by atoms with Gasteiger partial charge in [-0.15, -0.1) is 0 Å². The van der Waals surface area contributed by atoms with Gasteiger partial charge in [-0.05, 0) is 65.7 Å². The highest BCUT2D eigenvalue weighted by Gasteiger charge is 2.36. The highest BCUT2D eigenvalue weighted by Crippen LogP contribution is 2.32. The zero-order valence-corrected chi connectivity index (χ0v) is 20.9. The summed E-state index contributed by atoms with van der Waals surface area (Å²) >= 11 is 3.39. The number of amides is 2. The van der Waals surface area contributed by atoms with Gasteiger partial charge in [0.25, 0.3) is 0 Å². The molecule has 1 aromatic carbocycles. The topological polar surface area (TPSA) is 117 Å². The lowest BCUT2D eigenvalue weighted by atomic mass is 10.1. The standard InChI is InChI=1S/C22H31BrN2O7/c1-21(2,3)31-19(29)25(20(30)32-22(4,5)6)17-9-13(11-24-8-7-14(26)12-24)16(23)10-15(17)18(27)28/h9-10,14,26H,7-8,11-12H2,1-6H3,(H,27,28)/t14-/m1/s1. The van der Waals surface area contributed by atoms with Crippen molar-refractivity contribution in [3.05, 3.63) is 27.7 Å². The van der Waals surface area contributed by atoms with Gasteiger partial charge >= 0.3 is 18.2 Å². The fourth-order valence-electron chi connectivity index (χ4n) is 3.17. The Labute approximate surface area is 196 Å². The molecule has 0 bridgehead atoms. The molecule has 1 atom stereocenters. The number of β-amino-alcohol motifs (C(OH)–C–C–N with tert-alkyl or cyclic N) is 1. The Kier molecular flexibility index (Phi) is 7.96. The number of carboxylic acids is 1. The monoisotopic (exact) mass is 514 g/mol. The van der Waals surface area contributed by atoms with E-state index >= 15 is 0 Å². The average Bonchev–Trinajstić information content (AvgIpc) is 2.99. The quantitative estimate of drug-likeness (QED) is 0.607. The summed E-state index contributed by atoms with van der Waals surface area (Å²) in [7, 11) is 0. The summed E-state index contributed by atoms with van der Waals surface area (Å²) in [5, 5.41) is 19.6. The highest BCUT2D eigenvalue weighted by molar-refractivity contribution is 9.10. The fourth-order valence-corrected chi connectivity index (χ4v) is 3.63. The first-order chi connectivity index (χ1) is 14.6. The van der Waals surface area contributed by atoms with Crippen LogP contribution in [0.1, 0.15) is 63.9 Å². The van der Waals surface area contributed by atoms with Crippen LogP contribution < -0.4 is 4.90 Å². The Hall–Kier alpha value is -2.17. The summed E-state index contributed by atoms with van der Waals surface area (Å²) in [6, 6.07) is 2.81. The maximum Gasteiger partial charge on any atom is 0.424 e. The molecule has 1 fully saturated rings. The second kappa shape index (κ2) is 9.76. The van der Waals surface area contributed by atoms with Crippen molar-refractivity contribution in [3.8, 4) is 0 Å². The van der Waals surface area contributed by atoms with Crippen molar-refractivity contribution in [1.29, 1.82) is 0 Å². The van der Waals surface area contributed by atoms with Gasteiger partial charge in [-0.1, -0.05) is 15.9 Å². The zero-order chi connectivity index (χ0) is 24.4. The number of benzene rings is 1. The van der Waals surface area contributed by atoms with Crippen LogP contribution in [0.4, 0.5) is 15.3 Å². The van der Waals surface area contributed by atoms with E-state index in [4.69, 9.17) is 9.47 Å². The van der Waals surface area contributed by atoms with Crippen LogP contribution in [0, 0.1) is 0 Å². The normalized spacial score (nSPS) is 17.2. The Bertz CT molecular complexity index is 861. The molecule has 0 spiro atoms. The molecule has 1 aliphatic rings. The fraction of sp³-hybridized carbons (Fsp3) is 0.591. The highest BCUT2D eigenvalue weighted by atomic mass is 79.9. The average molecular weight is 515 g/mol. The first kappa shape index (κ1) is 26.1. The first-order valence-corrected chi connectivity index (χ1v) is 11.1. The third-order valence-corrected chi connectivity index (χ3v) is 5.17. The summed E-state index contributed by atoms with van der Waals surface area (Å²) in [6.45, 7) is 11.4. The number of imide groups is 1. The molecule has 1 aromatic rings. The summed E-state index contributed by atoms with van der Waals surface area (Å²) in [6.07, 6.45) is -1.87. The molecule has 1 heterocycles. The van der Waals surface area contributed by atoms with Crippen molar-refractivity contribution in [1.82, 2.24) is 4.90 Å². The van der Waals surface area contributed by atoms with Crippen molar-refractivity contribution in [2.45, 2.75) is 71.8 Å². The number of aliphatic hydroxyl groups is 1. The van der Waals surface area contributed by atoms with Gasteiger partial charge in [0.2, 0.25) is 0 Å². The number of ether oxygens (including phenoxy) is 2. The van der Waals surface area contributed by atoms with Crippen molar-refractivity contribution >= 4 is 39.8 Å². The number of aliphatic hydroxyl groups excluding tert-OH is 1. The Morgan fingerprint density at radius 1 is 1.09 bits per heavy atom. The van der Waals surface area contributed by atoms with Crippen molar-refractivity contribution in [2.75, 3.05) is 18.0 Å². The van der Waals surface area contributed by atoms with E-state index in [9.17, 15) is 24.6 Å². The van der Waals surface area contributed by atoms with Gasteiger partial charge in [-0.3, -0.25) is 4.90 Å². The van der Waals surface area contributed by atoms with Crippen LogP contribution in [0.3, 0.4) is 0 Å². The molecule has 2 N–H and O–H groups in total. The molecule has 0 saturated carbocycles. The summed E-state index contributed by atoms with van der Waals surface area (Å²) in [5.41, 5.74) is -1.62. The summed E-state index contributed by atoms with van der Waals surface area (Å²) in [5.74, 6) is -1.32. The molecule has 178 valence electrons. The maximum absolute atomic E-state index is 13.0. The zero-order valence-electron chi connectivity index (χ0n) is 19.3. The molecule has 10 heteroatoms. The van der Waals surface area contributed by atoms with Gasteiger partial charge in [-0.25, -0.2) is 14.4 Å². The van der Waals surface area contributed by atoms with E-state index in [1.165, 1.54) is 12.1 Å². The lowest BCUT2D eigenvalue weighted by molar-refractivity contribution is 0.0430. The van der Waals surface area contributed by atoms with E-state index in [1.54, 1.807) is 41.5 Å². The first-order valence-electron chi connectivity index (χ1n) is 10.3. The summed E-state index contributed by atoms with van der Waals surface area (Å²) < 4.78 is 11.3. The number of aromatic carboxylic acids is 1. The lowest BCUT2D eigenvalue weighted by Crippen LogP contribution is -2.44. The number of carbonyl (C=O) groups is 3. The minimum Gasteiger partial charge on any atom is -0.478 e. The Morgan fingerprint density at radius 2 is 1.62 bits per heavy atom. The number of halogens is 1. The molecule has 0 radical (unpaired) electrons. The van der Waals surface area contributed by atoms with Crippen LogP contribution >= 0.6 is 15.9 Å². The van der Waals surface area contributed by atoms with Crippen molar-refractivity contribution in [2.24, 2.45) is 0 Å². The number of anilines is 1. The molecule has 32 heavy (non-hydrogen) atoms. The van der Waals surface area contributed by atoms with Gasteiger partial charge in [0.15, 0.2) is 0 Å². The molecule has 2 amide bonds. The van der Waals surface area contributed by atoms with Gasteiger partial charge in [-0.2, -0.15) is 4.90 Å². The molecule has 0 unspecified atom stereocenters. The minimum atomic E-state index is -1.32. The van der Waals surface area contributed by atoms with Crippen LogP contribution in [-0.4, -0.2) is 63.7 Å². The number of carbonyl (C=O) groups excluding carboxylic acids is 2. The second-order valence-electron chi connectivity index (χ2n) is 9.74. The van der Waals surface area contributed by atoms with Gasteiger partial charge < -0.3 is 19.7 Å². The SMILES string of the molecule is CC(C)(C)OC(=O)N(C(=O)OC(C)(C)C)c1cc(CN2CC[C@@H](O)C2)c(Br)cc1C(=O)O. The van der Waals surface area contributed by atoms with Gasteiger partial charge in [0.05, 0.1) is 17.4 Å². The van der Waals surface area contributed by atoms with Gasteiger partial charge in [0, 0.05) is 24.1 Å². The van der Waals surface area contributed by atoms with Crippen LogP contribution in [0.25, 0.3) is 0 Å². The molecular formula is C22H31BrN2O7. The molecule has 1 aliphatic heterocycles. The predicted octanol–water partition coefficient (Wildman–Crippen LogP) is 4.39. The molecule has 0 aromatic heterocycles. The van der Waals surface area contributed by atoms with Crippen LogP contribution in [0.5, 0.6) is 0 Å². The van der Waals surface area contributed by atoms with Gasteiger partial charge in [0.1, 0.15) is 11.2 Å². The smallest absolute Gasteiger partial charge is 0.424 e. The number of hydrogen-bond acceptors (Lipinski definition) is 7. The molecule has 9 nitrogen and oxygen atoms in total. The molecule has 2 rings (SSSR count). The number of rotatable bonds is 4. The van der Waals surface area contributed by atoms with Crippen molar-refractivity contribution < 1.29 is 34.1 Å². The van der Waals surface area contributed by atoms with E-state index in [0.717, 1.165) is 0 Å². The van der Waals surface area contributed by atoms with Crippen LogP contribution in [0.15, 0.2) is 16.6 Å². The Morgan fingerprint density at radius 3 is 2.03 bits per heavy atom. The number of likely N-dealkylation sites (tertiary alicyclic amines) is 1.